The highest BCUT2D eigenvalue weighted by Gasteiger charge is 2.35. The van der Waals surface area contributed by atoms with Crippen LogP contribution in [0.25, 0.3) is 22.0 Å². The van der Waals surface area contributed by atoms with Gasteiger partial charge in [-0.15, -0.1) is 0 Å². The molecule has 0 amide bonds. The predicted molar refractivity (Wildman–Crippen MR) is 116 cm³/mol. The van der Waals surface area contributed by atoms with Crippen molar-refractivity contribution in [2.24, 2.45) is 0 Å². The van der Waals surface area contributed by atoms with Gasteiger partial charge in [-0.2, -0.15) is 5.26 Å². The molecule has 29 heavy (non-hydrogen) atoms. The van der Waals surface area contributed by atoms with Gasteiger partial charge in [0.05, 0.1) is 28.5 Å². The minimum atomic E-state index is -0.462. The second-order valence-corrected chi connectivity index (χ2v) is 8.29. The summed E-state index contributed by atoms with van der Waals surface area (Å²) in [4.78, 5) is 6.21. The topological polar surface area (TPSA) is 91.1 Å². The maximum Gasteiger partial charge on any atom is 0.104 e. The van der Waals surface area contributed by atoms with Crippen molar-refractivity contribution in [3.05, 3.63) is 46.9 Å². The van der Waals surface area contributed by atoms with Crippen molar-refractivity contribution >= 4 is 28.2 Å². The van der Waals surface area contributed by atoms with Crippen LogP contribution < -0.4 is 5.73 Å². The average molecular weight is 410 g/mol. The van der Waals surface area contributed by atoms with Crippen molar-refractivity contribution in [2.45, 2.75) is 45.0 Å². The highest BCUT2D eigenvalue weighted by molar-refractivity contribution is 6.36. The smallest absolute Gasteiger partial charge is 0.104 e. The molecule has 6 nitrogen and oxygen atoms in total. The number of benzene rings is 1. The van der Waals surface area contributed by atoms with E-state index in [1.165, 1.54) is 6.20 Å². The van der Waals surface area contributed by atoms with Crippen LogP contribution in [-0.2, 0) is 0 Å². The molecular weight excluding hydrogens is 386 g/mol. The molecule has 3 N–H and O–H groups in total. The first-order valence-electron chi connectivity index (χ1n) is 9.66. The fourth-order valence-electron chi connectivity index (χ4n) is 4.11. The van der Waals surface area contributed by atoms with Gasteiger partial charge in [-0.25, -0.2) is 0 Å². The fraction of sp³-hybridized carbons (Fsp3) is 0.364. The monoisotopic (exact) mass is 409 g/mol. The Morgan fingerprint density at radius 3 is 2.72 bits per heavy atom. The van der Waals surface area contributed by atoms with E-state index < -0.39 is 6.23 Å². The first-order chi connectivity index (χ1) is 13.8. The number of nitrogens with two attached hydrogens (primary N) is 1. The van der Waals surface area contributed by atoms with Gasteiger partial charge in [0.15, 0.2) is 0 Å². The Bertz CT molecular complexity index is 1120. The lowest BCUT2D eigenvalue weighted by Crippen LogP contribution is -2.47. The quantitative estimate of drug-likeness (QED) is 0.633. The number of aryl methyl sites for hydroxylation is 1. The number of rotatable bonds is 4. The zero-order valence-electron chi connectivity index (χ0n) is 16.7. The first kappa shape index (κ1) is 19.7. The lowest BCUT2D eigenvalue weighted by molar-refractivity contribution is -0.0287. The summed E-state index contributed by atoms with van der Waals surface area (Å²) < 4.78 is 2.27. The summed E-state index contributed by atoms with van der Waals surface area (Å²) >= 11 is 6.50. The molecule has 0 saturated heterocycles. The van der Waals surface area contributed by atoms with Crippen LogP contribution in [0.15, 0.2) is 30.7 Å². The summed E-state index contributed by atoms with van der Waals surface area (Å²) in [6.07, 6.45) is 6.79. The van der Waals surface area contributed by atoms with Crippen LogP contribution in [0.4, 0.5) is 5.69 Å². The minimum absolute atomic E-state index is 0.317. The Morgan fingerprint density at radius 1 is 1.34 bits per heavy atom. The summed E-state index contributed by atoms with van der Waals surface area (Å²) in [5.41, 5.74) is 10.8. The molecule has 1 atom stereocenters. The average Bonchev–Trinajstić information content (AvgIpc) is 2.99. The molecule has 3 aromatic rings. The van der Waals surface area contributed by atoms with E-state index in [4.69, 9.17) is 17.3 Å². The molecule has 1 fully saturated rings. The highest BCUT2D eigenvalue weighted by Crippen LogP contribution is 2.43. The van der Waals surface area contributed by atoms with E-state index in [-0.39, 0.29) is 0 Å². The van der Waals surface area contributed by atoms with E-state index in [9.17, 15) is 10.4 Å². The zero-order chi connectivity index (χ0) is 20.9. The summed E-state index contributed by atoms with van der Waals surface area (Å²) in [7, 11) is 1.95. The van der Waals surface area contributed by atoms with Crippen molar-refractivity contribution in [3.8, 4) is 17.2 Å². The van der Waals surface area contributed by atoms with Crippen LogP contribution in [-0.4, -0.2) is 38.9 Å². The maximum absolute atomic E-state index is 9.84. The van der Waals surface area contributed by atoms with E-state index in [0.29, 0.717) is 28.4 Å². The lowest BCUT2D eigenvalue weighted by Gasteiger charge is -2.43. The van der Waals surface area contributed by atoms with E-state index in [0.717, 1.165) is 40.4 Å². The van der Waals surface area contributed by atoms with Crippen molar-refractivity contribution in [2.75, 3.05) is 12.8 Å². The number of hydrogen-bond acceptors (Lipinski definition) is 5. The number of aromatic nitrogens is 2. The minimum Gasteiger partial charge on any atom is -0.396 e. The first-order valence-corrected chi connectivity index (χ1v) is 10.0. The molecule has 1 unspecified atom stereocenters. The maximum atomic E-state index is 9.84. The summed E-state index contributed by atoms with van der Waals surface area (Å²) in [5.74, 6) is 0. The third kappa shape index (κ3) is 3.25. The normalized spacial score (nSPS) is 19.9. The SMILES string of the molecule is Cc1cc2c(cc1C#N)c(-c1cncc(N)c1Cl)cn2C1CC(N(C)C(C)O)C1. The molecule has 7 heteroatoms. The van der Waals surface area contributed by atoms with Crippen LogP contribution >= 0.6 is 11.6 Å². The van der Waals surface area contributed by atoms with Crippen LogP contribution in [0, 0.1) is 18.3 Å². The Hall–Kier alpha value is -2.59. The predicted octanol–water partition coefficient (Wildman–Crippen LogP) is 4.09. The Kier molecular flexibility index (Phi) is 4.99. The fourth-order valence-corrected chi connectivity index (χ4v) is 4.31. The second kappa shape index (κ2) is 7.34. The summed E-state index contributed by atoms with van der Waals surface area (Å²) in [6.45, 7) is 3.74. The number of nitriles is 1. The zero-order valence-corrected chi connectivity index (χ0v) is 17.5. The molecular formula is C22H24ClN5O. The van der Waals surface area contributed by atoms with E-state index in [1.807, 2.05) is 24.9 Å². The molecule has 1 aliphatic rings. The van der Waals surface area contributed by atoms with Crippen molar-refractivity contribution in [1.29, 1.82) is 5.26 Å². The van der Waals surface area contributed by atoms with E-state index in [2.05, 4.69) is 27.9 Å². The molecule has 0 aliphatic heterocycles. The van der Waals surface area contributed by atoms with Crippen LogP contribution in [0.5, 0.6) is 0 Å². The number of nitrogens with zero attached hydrogens (tertiary/aromatic N) is 4. The molecule has 1 saturated carbocycles. The number of pyridine rings is 1. The van der Waals surface area contributed by atoms with Gasteiger partial charge in [0.25, 0.3) is 0 Å². The van der Waals surface area contributed by atoms with Gasteiger partial charge >= 0.3 is 0 Å². The van der Waals surface area contributed by atoms with Gasteiger partial charge < -0.3 is 15.4 Å². The molecule has 150 valence electrons. The number of fused-ring (bicyclic) bond motifs is 1. The third-order valence-electron chi connectivity index (χ3n) is 6.14. The molecule has 0 spiro atoms. The van der Waals surface area contributed by atoms with E-state index >= 15 is 0 Å². The van der Waals surface area contributed by atoms with Crippen LogP contribution in [0.2, 0.25) is 5.02 Å². The summed E-state index contributed by atoms with van der Waals surface area (Å²) in [5, 5.41) is 20.8. The standard InChI is InChI=1S/C22H24ClN5O/c1-12-4-21-17(5-14(12)8-24)19(18-9-26-10-20(25)22(18)23)11-28(21)16-6-15(7-16)27(3)13(2)29/h4-5,9-11,13,15-16,29H,6-7,25H2,1-3H3. The van der Waals surface area contributed by atoms with Gasteiger partial charge in [-0.1, -0.05) is 11.6 Å². The Labute approximate surface area is 175 Å². The Balaban J connectivity index is 1.83. The second-order valence-electron chi connectivity index (χ2n) is 7.91. The van der Waals surface area contributed by atoms with Crippen LogP contribution in [0.3, 0.4) is 0 Å². The van der Waals surface area contributed by atoms with Gasteiger partial charge in [0.2, 0.25) is 0 Å². The molecule has 2 heterocycles. The van der Waals surface area contributed by atoms with E-state index in [1.54, 1.807) is 13.1 Å². The van der Waals surface area contributed by atoms with Gasteiger partial charge in [-0.05, 0) is 51.4 Å². The van der Waals surface area contributed by atoms with Crippen LogP contribution in [0.1, 0.15) is 36.9 Å². The molecule has 0 bridgehead atoms. The molecule has 0 radical (unpaired) electrons. The number of anilines is 1. The Morgan fingerprint density at radius 2 is 2.07 bits per heavy atom. The largest absolute Gasteiger partial charge is 0.396 e. The number of halogens is 1. The number of aliphatic hydroxyl groups excluding tert-OH is 1. The third-order valence-corrected chi connectivity index (χ3v) is 6.57. The number of aliphatic hydroxyl groups is 1. The summed E-state index contributed by atoms with van der Waals surface area (Å²) in [6, 6.07) is 6.93. The molecule has 1 aliphatic carbocycles. The van der Waals surface area contributed by atoms with Crippen molar-refractivity contribution in [3.63, 3.8) is 0 Å². The van der Waals surface area contributed by atoms with Gasteiger partial charge in [0, 0.05) is 46.5 Å². The number of nitrogen functional groups attached to an aromatic ring is 1. The van der Waals surface area contributed by atoms with Crippen molar-refractivity contribution in [1.82, 2.24) is 14.5 Å². The number of hydrogen-bond donors (Lipinski definition) is 2. The highest BCUT2D eigenvalue weighted by atomic mass is 35.5. The molecule has 2 aromatic heterocycles. The van der Waals surface area contributed by atoms with Gasteiger partial charge in [0.1, 0.15) is 6.23 Å². The molecule has 1 aromatic carbocycles. The van der Waals surface area contributed by atoms with Gasteiger partial charge in [-0.3, -0.25) is 9.88 Å². The lowest BCUT2D eigenvalue weighted by atomic mass is 9.85. The molecule has 4 rings (SSSR count). The van der Waals surface area contributed by atoms with Crippen molar-refractivity contribution < 1.29 is 5.11 Å².